The Bertz CT molecular complexity index is 219. The Morgan fingerprint density at radius 3 is 1.06 bits per heavy atom. The van der Waals surface area contributed by atoms with Gasteiger partial charge in [0.1, 0.15) is 0 Å². The molecular weight excluding hydrogens is 283 g/mol. The van der Waals surface area contributed by atoms with Gasteiger partial charge in [0.2, 0.25) is 0 Å². The van der Waals surface area contributed by atoms with Gasteiger partial charge in [0.05, 0.1) is 12.8 Å². The standard InChI is InChI=1S/2C4H6O4.Ni/c2*5-3(6)1-2-4(7)8;/h2*1-2H2,(H,5,6)(H,7,8);/q;;+2/p-2. The Kier molecular flexibility index (Phi) is 15.2. The largest absolute Gasteiger partial charge is 2.00 e. The van der Waals surface area contributed by atoms with Crippen LogP contribution >= 0.6 is 0 Å². The Balaban J connectivity index is -0.000000218. The number of aliphatic carboxylic acids is 4. The van der Waals surface area contributed by atoms with Crippen LogP contribution in [-0.2, 0) is 35.7 Å². The summed E-state index contributed by atoms with van der Waals surface area (Å²) in [4.78, 5) is 38.3. The molecule has 0 rings (SSSR count). The summed E-state index contributed by atoms with van der Waals surface area (Å²) in [5, 5.41) is 34.8. The van der Waals surface area contributed by atoms with E-state index in [-0.39, 0.29) is 29.3 Å². The van der Waals surface area contributed by atoms with Crippen LogP contribution in [0.15, 0.2) is 0 Å². The van der Waals surface area contributed by atoms with Crippen molar-refractivity contribution in [1.82, 2.24) is 0 Å². The molecule has 9 heteroatoms. The molecule has 17 heavy (non-hydrogen) atoms. The SMILES string of the molecule is O=C(O)CCC(=O)O.O=C([O-])CCC(=O)[O-].[Ni+2]. The molecule has 0 heterocycles. The van der Waals surface area contributed by atoms with Gasteiger partial charge in [0.25, 0.3) is 0 Å². The molecular formula is C8H10NiO8. The van der Waals surface area contributed by atoms with Crippen molar-refractivity contribution >= 4 is 23.9 Å². The molecule has 0 saturated heterocycles. The first-order chi connectivity index (χ1) is 7.25. The Labute approximate surface area is 106 Å². The van der Waals surface area contributed by atoms with Gasteiger partial charge in [-0.1, -0.05) is 0 Å². The second-order valence-corrected chi connectivity index (χ2v) is 2.53. The molecule has 0 aromatic heterocycles. The van der Waals surface area contributed by atoms with Crippen molar-refractivity contribution in [2.45, 2.75) is 25.7 Å². The smallest absolute Gasteiger partial charge is 0.550 e. The molecule has 0 aromatic carbocycles. The van der Waals surface area contributed by atoms with Crippen molar-refractivity contribution in [3.8, 4) is 0 Å². The van der Waals surface area contributed by atoms with E-state index >= 15 is 0 Å². The molecule has 0 aromatic rings. The molecule has 0 aliphatic carbocycles. The van der Waals surface area contributed by atoms with Crippen molar-refractivity contribution in [3.05, 3.63) is 0 Å². The fourth-order valence-electron chi connectivity index (χ4n) is 0.418. The van der Waals surface area contributed by atoms with Gasteiger partial charge in [-0.25, -0.2) is 0 Å². The van der Waals surface area contributed by atoms with Crippen LogP contribution in [0.3, 0.4) is 0 Å². The summed E-state index contributed by atoms with van der Waals surface area (Å²) in [6, 6.07) is 0. The maximum atomic E-state index is 9.64. The van der Waals surface area contributed by atoms with Crippen molar-refractivity contribution in [3.63, 3.8) is 0 Å². The van der Waals surface area contributed by atoms with Gasteiger partial charge < -0.3 is 30.0 Å². The Morgan fingerprint density at radius 1 is 0.706 bits per heavy atom. The summed E-state index contributed by atoms with van der Waals surface area (Å²) in [6.45, 7) is 0. The summed E-state index contributed by atoms with van der Waals surface area (Å²) in [5.41, 5.74) is 0. The van der Waals surface area contributed by atoms with E-state index in [4.69, 9.17) is 10.2 Å². The third-order valence-corrected chi connectivity index (χ3v) is 1.09. The number of rotatable bonds is 6. The molecule has 0 spiro atoms. The van der Waals surface area contributed by atoms with Crippen molar-refractivity contribution in [2.75, 3.05) is 0 Å². The molecule has 8 nitrogen and oxygen atoms in total. The van der Waals surface area contributed by atoms with E-state index in [1.54, 1.807) is 0 Å². The first kappa shape index (κ1) is 20.7. The fraction of sp³-hybridized carbons (Fsp3) is 0.500. The molecule has 0 fully saturated rings. The second-order valence-electron chi connectivity index (χ2n) is 2.53. The van der Waals surface area contributed by atoms with Gasteiger partial charge in [-0.05, 0) is 12.8 Å². The van der Waals surface area contributed by atoms with Crippen LogP contribution in [0.1, 0.15) is 25.7 Å². The van der Waals surface area contributed by atoms with Crippen LogP contribution in [0.4, 0.5) is 0 Å². The predicted molar refractivity (Wildman–Crippen MR) is 43.8 cm³/mol. The van der Waals surface area contributed by atoms with Crippen LogP contribution in [0.2, 0.25) is 0 Å². The normalized spacial score (nSPS) is 8.00. The first-order valence-electron chi connectivity index (χ1n) is 4.09. The molecule has 0 aliphatic heterocycles. The molecule has 0 bridgehead atoms. The minimum atomic E-state index is -1.37. The van der Waals surface area contributed by atoms with Crippen LogP contribution in [0.5, 0.6) is 0 Å². The minimum Gasteiger partial charge on any atom is -0.550 e. The van der Waals surface area contributed by atoms with Crippen molar-refractivity contribution in [2.24, 2.45) is 0 Å². The molecule has 0 amide bonds. The summed E-state index contributed by atoms with van der Waals surface area (Å²) in [5.74, 6) is -4.89. The monoisotopic (exact) mass is 292 g/mol. The zero-order valence-corrected chi connectivity index (χ0v) is 9.48. The molecule has 0 aliphatic rings. The van der Waals surface area contributed by atoms with E-state index < -0.39 is 36.7 Å². The maximum Gasteiger partial charge on any atom is 2.00 e. The quantitative estimate of drug-likeness (QED) is 0.497. The molecule has 0 unspecified atom stereocenters. The van der Waals surface area contributed by atoms with E-state index in [1.807, 2.05) is 0 Å². The number of hydrogen-bond acceptors (Lipinski definition) is 6. The average molecular weight is 293 g/mol. The van der Waals surface area contributed by atoms with E-state index in [0.29, 0.717) is 0 Å². The zero-order chi connectivity index (χ0) is 13.1. The van der Waals surface area contributed by atoms with Crippen LogP contribution in [0, 0.1) is 0 Å². The topological polar surface area (TPSA) is 155 Å². The predicted octanol–water partition coefficient (Wildman–Crippen LogP) is -2.80. The zero-order valence-electron chi connectivity index (χ0n) is 8.49. The fourth-order valence-corrected chi connectivity index (χ4v) is 0.418. The number of carbonyl (C=O) groups is 4. The maximum absolute atomic E-state index is 9.64. The summed E-state index contributed by atoms with van der Waals surface area (Å²) >= 11 is 0. The first-order valence-corrected chi connectivity index (χ1v) is 4.09. The van der Waals surface area contributed by atoms with E-state index in [1.165, 1.54) is 0 Å². The average Bonchev–Trinajstić information content (AvgIpc) is 2.12. The van der Waals surface area contributed by atoms with Crippen molar-refractivity contribution in [1.29, 1.82) is 0 Å². The second kappa shape index (κ2) is 12.4. The van der Waals surface area contributed by atoms with Crippen molar-refractivity contribution < 1.29 is 56.1 Å². The van der Waals surface area contributed by atoms with E-state index in [0.717, 1.165) is 0 Å². The van der Waals surface area contributed by atoms with Gasteiger partial charge in [-0.15, -0.1) is 0 Å². The summed E-state index contributed by atoms with van der Waals surface area (Å²) in [7, 11) is 0. The van der Waals surface area contributed by atoms with Gasteiger partial charge in [-0.3, -0.25) is 9.59 Å². The summed E-state index contributed by atoms with van der Waals surface area (Å²) < 4.78 is 0. The minimum absolute atomic E-state index is 0. The third-order valence-electron chi connectivity index (χ3n) is 1.09. The van der Waals surface area contributed by atoms with Crippen LogP contribution < -0.4 is 10.2 Å². The van der Waals surface area contributed by atoms with Crippen LogP contribution in [0.25, 0.3) is 0 Å². The molecule has 0 radical (unpaired) electrons. The Hall–Kier alpha value is -1.63. The Morgan fingerprint density at radius 2 is 0.941 bits per heavy atom. The van der Waals surface area contributed by atoms with Crippen LogP contribution in [-0.4, -0.2) is 34.1 Å². The number of carboxylic acid groups (broad SMARTS) is 4. The van der Waals surface area contributed by atoms with Gasteiger partial charge in [-0.2, -0.15) is 0 Å². The third kappa shape index (κ3) is 31.4. The number of carbonyl (C=O) groups excluding carboxylic acids is 2. The van der Waals surface area contributed by atoms with Gasteiger partial charge in [0.15, 0.2) is 0 Å². The number of carboxylic acids is 4. The summed E-state index contributed by atoms with van der Waals surface area (Å²) in [6.07, 6.45) is -1.53. The molecule has 0 atom stereocenters. The molecule has 2 N–H and O–H groups in total. The number of hydrogen-bond donors (Lipinski definition) is 2. The van der Waals surface area contributed by atoms with E-state index in [2.05, 4.69) is 0 Å². The molecule has 100 valence electrons. The van der Waals surface area contributed by atoms with Gasteiger partial charge >= 0.3 is 28.4 Å². The van der Waals surface area contributed by atoms with Gasteiger partial charge in [0, 0.05) is 11.9 Å². The molecule has 0 saturated carbocycles. The van der Waals surface area contributed by atoms with E-state index in [9.17, 15) is 29.4 Å².